The lowest BCUT2D eigenvalue weighted by Crippen LogP contribution is -2.47. The number of carbonyl (C=O) groups is 1. The maximum Gasteiger partial charge on any atom is 0.188 e. The molecule has 5 heteroatoms. The van der Waals surface area contributed by atoms with Crippen LogP contribution in [0, 0.1) is 0 Å². The molecule has 0 N–H and O–H groups in total. The standard InChI is InChI=1S/C11H10BrCl2NO/c12-7-1-3-8(4-2-7)15-6-5-9(13)10(16)11(15)14/h1-4,9,11H,5-6H2. The van der Waals surface area contributed by atoms with Gasteiger partial charge in [0.15, 0.2) is 11.3 Å². The van der Waals surface area contributed by atoms with Gasteiger partial charge in [0.1, 0.15) is 0 Å². The number of halogens is 3. The first-order valence-corrected chi connectivity index (χ1v) is 6.60. The molecule has 0 radical (unpaired) electrons. The fourth-order valence-electron chi connectivity index (χ4n) is 1.70. The Morgan fingerprint density at radius 3 is 2.50 bits per heavy atom. The Morgan fingerprint density at radius 2 is 1.88 bits per heavy atom. The number of nitrogens with zero attached hydrogens (tertiary/aromatic N) is 1. The fraction of sp³-hybridized carbons (Fsp3) is 0.364. The molecule has 0 bridgehead atoms. The Labute approximate surface area is 113 Å². The highest BCUT2D eigenvalue weighted by Gasteiger charge is 2.34. The van der Waals surface area contributed by atoms with E-state index < -0.39 is 10.9 Å². The Hall–Kier alpha value is -0.250. The third kappa shape index (κ3) is 2.36. The smallest absolute Gasteiger partial charge is 0.188 e. The average molecular weight is 323 g/mol. The molecule has 0 aliphatic carbocycles. The summed E-state index contributed by atoms with van der Waals surface area (Å²) >= 11 is 15.3. The van der Waals surface area contributed by atoms with Crippen LogP contribution in [0.4, 0.5) is 5.69 Å². The molecule has 2 rings (SSSR count). The lowest BCUT2D eigenvalue weighted by molar-refractivity contribution is -0.119. The molecule has 1 aliphatic heterocycles. The summed E-state index contributed by atoms with van der Waals surface area (Å²) in [5.41, 5.74) is 0.289. The molecular weight excluding hydrogens is 313 g/mol. The van der Waals surface area contributed by atoms with Crippen molar-refractivity contribution in [1.82, 2.24) is 0 Å². The summed E-state index contributed by atoms with van der Waals surface area (Å²) in [6.45, 7) is 0.704. The molecule has 0 aromatic heterocycles. The topological polar surface area (TPSA) is 20.3 Å². The van der Waals surface area contributed by atoms with Gasteiger partial charge >= 0.3 is 0 Å². The molecule has 1 aliphatic rings. The summed E-state index contributed by atoms with van der Waals surface area (Å²) in [4.78, 5) is 13.5. The summed E-state index contributed by atoms with van der Waals surface area (Å²) in [6.07, 6.45) is 0.639. The zero-order chi connectivity index (χ0) is 11.7. The predicted molar refractivity (Wildman–Crippen MR) is 70.4 cm³/mol. The summed E-state index contributed by atoms with van der Waals surface area (Å²) in [5, 5.41) is -0.450. The van der Waals surface area contributed by atoms with Crippen LogP contribution in [0.1, 0.15) is 6.42 Å². The highest BCUT2D eigenvalue weighted by molar-refractivity contribution is 9.10. The van der Waals surface area contributed by atoms with Crippen LogP contribution in [0.2, 0.25) is 0 Å². The molecule has 1 aromatic rings. The number of carbonyl (C=O) groups excluding carboxylic acids is 1. The average Bonchev–Trinajstić information content (AvgIpc) is 2.28. The quantitative estimate of drug-likeness (QED) is 0.583. The summed E-state index contributed by atoms with van der Waals surface area (Å²) in [6, 6.07) is 7.72. The number of Topliss-reactive ketones (excluding diaryl/α,β-unsaturated/α-hetero) is 1. The molecule has 1 fully saturated rings. The van der Waals surface area contributed by atoms with Gasteiger partial charge in [-0.25, -0.2) is 0 Å². The van der Waals surface area contributed by atoms with Crippen molar-refractivity contribution in [2.45, 2.75) is 17.3 Å². The summed E-state index contributed by atoms with van der Waals surface area (Å²) in [7, 11) is 0. The minimum atomic E-state index is -0.655. The molecule has 2 unspecified atom stereocenters. The first-order valence-electron chi connectivity index (χ1n) is 4.93. The van der Waals surface area contributed by atoms with Crippen molar-refractivity contribution in [3.8, 4) is 0 Å². The third-order valence-corrected chi connectivity index (χ3v) is 4.01. The first kappa shape index (κ1) is 12.2. The first-order chi connectivity index (χ1) is 7.59. The van der Waals surface area contributed by atoms with Crippen molar-refractivity contribution in [3.05, 3.63) is 28.7 Å². The van der Waals surface area contributed by atoms with Gasteiger partial charge in [0.05, 0.1) is 5.38 Å². The molecule has 1 heterocycles. The van der Waals surface area contributed by atoms with Crippen LogP contribution in [0.25, 0.3) is 0 Å². The minimum Gasteiger partial charge on any atom is -0.349 e. The number of benzene rings is 1. The van der Waals surface area contributed by atoms with Crippen molar-refractivity contribution in [2.75, 3.05) is 11.4 Å². The van der Waals surface area contributed by atoms with Gasteiger partial charge < -0.3 is 4.90 Å². The van der Waals surface area contributed by atoms with Crippen LogP contribution < -0.4 is 4.90 Å². The number of hydrogen-bond acceptors (Lipinski definition) is 2. The van der Waals surface area contributed by atoms with Gasteiger partial charge in [-0.05, 0) is 30.7 Å². The number of alkyl halides is 2. The van der Waals surface area contributed by atoms with Crippen LogP contribution in [0.5, 0.6) is 0 Å². The second-order valence-electron chi connectivity index (χ2n) is 3.66. The summed E-state index contributed by atoms with van der Waals surface area (Å²) in [5.74, 6) is -0.113. The Morgan fingerprint density at radius 1 is 1.25 bits per heavy atom. The molecule has 86 valence electrons. The second kappa shape index (κ2) is 4.94. The fourth-order valence-corrected chi connectivity index (χ4v) is 2.61. The van der Waals surface area contributed by atoms with E-state index in [1.165, 1.54) is 0 Å². The van der Waals surface area contributed by atoms with Gasteiger partial charge in [-0.1, -0.05) is 27.5 Å². The molecule has 2 nitrogen and oxygen atoms in total. The van der Waals surface area contributed by atoms with Crippen LogP contribution >= 0.6 is 39.1 Å². The Balaban J connectivity index is 2.21. The highest BCUT2D eigenvalue weighted by atomic mass is 79.9. The second-order valence-corrected chi connectivity index (χ2v) is 5.52. The van der Waals surface area contributed by atoms with Crippen molar-refractivity contribution in [1.29, 1.82) is 0 Å². The van der Waals surface area contributed by atoms with Gasteiger partial charge in [-0.2, -0.15) is 0 Å². The third-order valence-electron chi connectivity index (χ3n) is 2.60. The number of piperidine rings is 1. The van der Waals surface area contributed by atoms with Crippen molar-refractivity contribution in [2.24, 2.45) is 0 Å². The monoisotopic (exact) mass is 321 g/mol. The Bertz CT molecular complexity index is 395. The lowest BCUT2D eigenvalue weighted by Gasteiger charge is -2.34. The van der Waals surface area contributed by atoms with E-state index in [0.717, 1.165) is 10.2 Å². The van der Waals surface area contributed by atoms with Crippen LogP contribution in [0.3, 0.4) is 0 Å². The van der Waals surface area contributed by atoms with Gasteiger partial charge in [-0.15, -0.1) is 11.6 Å². The number of hydrogen-bond donors (Lipinski definition) is 0. The van der Waals surface area contributed by atoms with Crippen LogP contribution in [-0.4, -0.2) is 23.2 Å². The Kier molecular flexibility index (Phi) is 3.77. The van der Waals surface area contributed by atoms with Gasteiger partial charge in [0.2, 0.25) is 0 Å². The minimum absolute atomic E-state index is 0.113. The van der Waals surface area contributed by atoms with E-state index in [9.17, 15) is 4.79 Å². The largest absolute Gasteiger partial charge is 0.349 e. The molecule has 0 saturated carbocycles. The van der Waals surface area contributed by atoms with Crippen LogP contribution in [-0.2, 0) is 4.79 Å². The van der Waals surface area contributed by atoms with E-state index in [2.05, 4.69) is 15.9 Å². The normalized spacial score (nSPS) is 25.9. The number of ketones is 1. The zero-order valence-electron chi connectivity index (χ0n) is 8.37. The molecule has 0 spiro atoms. The van der Waals surface area contributed by atoms with Crippen molar-refractivity contribution < 1.29 is 4.79 Å². The van der Waals surface area contributed by atoms with E-state index in [-0.39, 0.29) is 5.78 Å². The van der Waals surface area contributed by atoms with E-state index >= 15 is 0 Å². The van der Waals surface area contributed by atoms with E-state index in [0.29, 0.717) is 13.0 Å². The maximum absolute atomic E-state index is 11.7. The predicted octanol–water partition coefficient (Wildman–Crippen LogP) is 3.40. The van der Waals surface area contributed by atoms with E-state index in [1.54, 1.807) is 0 Å². The van der Waals surface area contributed by atoms with Gasteiger partial charge in [-0.3, -0.25) is 4.79 Å². The van der Waals surface area contributed by atoms with Crippen molar-refractivity contribution >= 4 is 50.6 Å². The molecule has 1 saturated heterocycles. The number of rotatable bonds is 1. The number of anilines is 1. The zero-order valence-corrected chi connectivity index (χ0v) is 11.5. The highest BCUT2D eigenvalue weighted by Crippen LogP contribution is 2.28. The SMILES string of the molecule is O=C1C(Cl)CCN(c2ccc(Br)cc2)C1Cl. The molecule has 1 aromatic carbocycles. The van der Waals surface area contributed by atoms with Gasteiger partial charge in [0.25, 0.3) is 0 Å². The van der Waals surface area contributed by atoms with E-state index in [4.69, 9.17) is 23.2 Å². The summed E-state index contributed by atoms with van der Waals surface area (Å²) < 4.78 is 1.00. The van der Waals surface area contributed by atoms with Crippen molar-refractivity contribution in [3.63, 3.8) is 0 Å². The van der Waals surface area contributed by atoms with Gasteiger partial charge in [0, 0.05) is 16.7 Å². The van der Waals surface area contributed by atoms with E-state index in [1.807, 2.05) is 29.2 Å². The lowest BCUT2D eigenvalue weighted by atomic mass is 10.1. The molecule has 2 atom stereocenters. The molecule has 0 amide bonds. The molecular formula is C11H10BrCl2NO. The molecule has 16 heavy (non-hydrogen) atoms. The maximum atomic E-state index is 11.7. The van der Waals surface area contributed by atoms with Crippen LogP contribution in [0.15, 0.2) is 28.7 Å².